The SMILES string of the molecule is Cc1ccc(S(=O)(=O)N2N=NCC23N(c2ccccc2)CC3(C)C)cc1. The van der Waals surface area contributed by atoms with Gasteiger partial charge in [0.1, 0.15) is 6.54 Å². The van der Waals surface area contributed by atoms with Crippen molar-refractivity contribution >= 4 is 15.7 Å². The minimum absolute atomic E-state index is 0.235. The van der Waals surface area contributed by atoms with E-state index in [0.29, 0.717) is 6.54 Å². The highest BCUT2D eigenvalue weighted by molar-refractivity contribution is 7.89. The van der Waals surface area contributed by atoms with E-state index in [2.05, 4.69) is 29.1 Å². The summed E-state index contributed by atoms with van der Waals surface area (Å²) < 4.78 is 28.0. The van der Waals surface area contributed by atoms with E-state index in [4.69, 9.17) is 0 Å². The van der Waals surface area contributed by atoms with Crippen LogP contribution in [0.5, 0.6) is 0 Å². The minimum Gasteiger partial charge on any atom is -0.344 e. The van der Waals surface area contributed by atoms with Gasteiger partial charge < -0.3 is 4.90 Å². The smallest absolute Gasteiger partial charge is 0.282 e. The number of hydrogen-bond donors (Lipinski definition) is 0. The zero-order chi connectivity index (χ0) is 18.6. The van der Waals surface area contributed by atoms with E-state index in [1.54, 1.807) is 24.3 Å². The molecule has 0 saturated carbocycles. The Kier molecular flexibility index (Phi) is 3.63. The Labute approximate surface area is 154 Å². The molecule has 4 rings (SSSR count). The van der Waals surface area contributed by atoms with Gasteiger partial charge in [0.25, 0.3) is 10.0 Å². The molecule has 1 unspecified atom stereocenters. The number of benzene rings is 2. The van der Waals surface area contributed by atoms with Crippen LogP contribution in [0.2, 0.25) is 0 Å². The Bertz CT molecular complexity index is 955. The predicted molar refractivity (Wildman–Crippen MR) is 100 cm³/mol. The fourth-order valence-corrected chi connectivity index (χ4v) is 5.51. The molecule has 7 heteroatoms. The van der Waals surface area contributed by atoms with E-state index in [0.717, 1.165) is 17.8 Å². The van der Waals surface area contributed by atoms with Crippen molar-refractivity contribution in [2.45, 2.75) is 31.3 Å². The molecule has 0 bridgehead atoms. The Morgan fingerprint density at radius 1 is 1.00 bits per heavy atom. The molecule has 2 aromatic carbocycles. The van der Waals surface area contributed by atoms with E-state index >= 15 is 0 Å². The van der Waals surface area contributed by atoms with Crippen molar-refractivity contribution < 1.29 is 8.42 Å². The lowest BCUT2D eigenvalue weighted by Crippen LogP contribution is -2.79. The maximum absolute atomic E-state index is 13.4. The quantitative estimate of drug-likeness (QED) is 0.829. The zero-order valence-electron chi connectivity index (χ0n) is 15.1. The molecule has 0 amide bonds. The van der Waals surface area contributed by atoms with E-state index < -0.39 is 15.7 Å². The number of hydrogen-bond acceptors (Lipinski definition) is 5. The summed E-state index contributed by atoms with van der Waals surface area (Å²) >= 11 is 0. The molecule has 2 aliphatic heterocycles. The van der Waals surface area contributed by atoms with E-state index in [9.17, 15) is 8.42 Å². The summed E-state index contributed by atoms with van der Waals surface area (Å²) in [5.74, 6) is 0. The molecular formula is C19H22N4O2S. The molecule has 26 heavy (non-hydrogen) atoms. The third-order valence-electron chi connectivity index (χ3n) is 5.45. The molecule has 1 spiro atoms. The van der Waals surface area contributed by atoms with Crippen molar-refractivity contribution in [1.82, 2.24) is 4.41 Å². The van der Waals surface area contributed by atoms with Gasteiger partial charge in [0.15, 0.2) is 5.66 Å². The first-order valence-corrected chi connectivity index (χ1v) is 10.1. The first kappa shape index (κ1) is 17.0. The molecule has 0 aliphatic carbocycles. The molecule has 0 radical (unpaired) electrons. The van der Waals surface area contributed by atoms with E-state index in [1.165, 1.54) is 4.41 Å². The summed E-state index contributed by atoms with van der Waals surface area (Å²) in [5, 5.41) is 8.23. The van der Waals surface area contributed by atoms with Gasteiger partial charge in [-0.2, -0.15) is 13.5 Å². The highest BCUT2D eigenvalue weighted by atomic mass is 32.2. The molecule has 2 aliphatic rings. The lowest BCUT2D eigenvalue weighted by Gasteiger charge is -2.64. The van der Waals surface area contributed by atoms with Gasteiger partial charge in [0, 0.05) is 17.6 Å². The molecule has 2 heterocycles. The van der Waals surface area contributed by atoms with E-state index in [-0.39, 0.29) is 10.3 Å². The summed E-state index contributed by atoms with van der Waals surface area (Å²) in [6.07, 6.45) is 0. The first-order chi connectivity index (χ1) is 12.3. The molecule has 2 aromatic rings. The van der Waals surface area contributed by atoms with Crippen molar-refractivity contribution in [2.75, 3.05) is 18.0 Å². The van der Waals surface area contributed by atoms with Crippen molar-refractivity contribution in [3.63, 3.8) is 0 Å². The normalized spacial score (nSPS) is 24.1. The summed E-state index contributed by atoms with van der Waals surface area (Å²) in [7, 11) is -3.80. The third kappa shape index (κ3) is 2.19. The number of nitrogens with zero attached hydrogens (tertiary/aromatic N) is 4. The number of para-hydroxylation sites is 1. The predicted octanol–water partition coefficient (Wildman–Crippen LogP) is 3.61. The monoisotopic (exact) mass is 370 g/mol. The highest BCUT2D eigenvalue weighted by Crippen LogP contribution is 2.54. The van der Waals surface area contributed by atoms with Crippen LogP contribution in [-0.4, -0.2) is 31.6 Å². The van der Waals surface area contributed by atoms with Crippen LogP contribution < -0.4 is 4.90 Å². The van der Waals surface area contributed by atoms with Crippen molar-refractivity contribution in [3.05, 3.63) is 60.2 Å². The van der Waals surface area contributed by atoms with Gasteiger partial charge in [0.05, 0.1) is 4.90 Å². The Balaban J connectivity index is 1.81. The Hall–Kier alpha value is -2.41. The van der Waals surface area contributed by atoms with Gasteiger partial charge in [0.2, 0.25) is 0 Å². The van der Waals surface area contributed by atoms with Crippen molar-refractivity contribution in [1.29, 1.82) is 0 Å². The van der Waals surface area contributed by atoms with Gasteiger partial charge in [-0.1, -0.05) is 55.0 Å². The second-order valence-corrected chi connectivity index (χ2v) is 9.34. The van der Waals surface area contributed by atoms with E-state index in [1.807, 2.05) is 37.3 Å². The second-order valence-electron chi connectivity index (χ2n) is 7.57. The molecule has 1 atom stereocenters. The molecule has 1 saturated heterocycles. The second kappa shape index (κ2) is 5.54. The van der Waals surface area contributed by atoms with Crippen molar-refractivity contribution in [2.24, 2.45) is 15.8 Å². The van der Waals surface area contributed by atoms with Crippen LogP contribution in [0.15, 0.2) is 69.8 Å². The van der Waals surface area contributed by atoms with Crippen LogP contribution in [0.4, 0.5) is 5.69 Å². The van der Waals surface area contributed by atoms with Gasteiger partial charge in [-0.15, -0.1) is 4.41 Å². The minimum atomic E-state index is -3.80. The van der Waals surface area contributed by atoms with Crippen LogP contribution in [0.1, 0.15) is 19.4 Å². The molecule has 6 nitrogen and oxygen atoms in total. The topological polar surface area (TPSA) is 65.3 Å². The van der Waals surface area contributed by atoms with Gasteiger partial charge in [-0.3, -0.25) is 0 Å². The number of rotatable bonds is 3. The first-order valence-electron chi connectivity index (χ1n) is 8.61. The van der Waals surface area contributed by atoms with Crippen molar-refractivity contribution in [3.8, 4) is 0 Å². The molecular weight excluding hydrogens is 348 g/mol. The van der Waals surface area contributed by atoms with Crippen LogP contribution in [0.25, 0.3) is 0 Å². The van der Waals surface area contributed by atoms with Gasteiger partial charge in [-0.05, 0) is 31.2 Å². The van der Waals surface area contributed by atoms with Crippen LogP contribution in [0, 0.1) is 12.3 Å². The number of sulfonamides is 1. The van der Waals surface area contributed by atoms with Gasteiger partial charge in [-0.25, -0.2) is 0 Å². The number of aryl methyl sites for hydroxylation is 1. The molecule has 1 fully saturated rings. The fourth-order valence-electron chi connectivity index (χ4n) is 3.88. The van der Waals surface area contributed by atoms with Crippen LogP contribution in [-0.2, 0) is 10.0 Å². The summed E-state index contributed by atoms with van der Waals surface area (Å²) in [5.41, 5.74) is 0.877. The summed E-state index contributed by atoms with van der Waals surface area (Å²) in [6.45, 7) is 7.13. The average molecular weight is 370 g/mol. The molecule has 136 valence electrons. The van der Waals surface area contributed by atoms with Crippen LogP contribution >= 0.6 is 0 Å². The zero-order valence-corrected chi connectivity index (χ0v) is 15.9. The Morgan fingerprint density at radius 2 is 1.65 bits per heavy atom. The largest absolute Gasteiger partial charge is 0.344 e. The summed E-state index contributed by atoms with van der Waals surface area (Å²) in [6, 6.07) is 16.7. The molecule has 0 N–H and O–H groups in total. The lowest BCUT2D eigenvalue weighted by atomic mass is 9.69. The summed E-state index contributed by atoms with van der Waals surface area (Å²) in [4.78, 5) is 2.33. The van der Waals surface area contributed by atoms with Crippen LogP contribution in [0.3, 0.4) is 0 Å². The molecule has 0 aromatic heterocycles. The standard InChI is InChI=1S/C19H22N4O2S/c1-15-9-11-17(12-10-15)26(24,25)23-19(13-20-21-23)18(2,3)14-22(19)16-7-5-4-6-8-16/h4-12H,13-14H2,1-3H3. The lowest BCUT2D eigenvalue weighted by molar-refractivity contribution is -0.00490. The van der Waals surface area contributed by atoms with Gasteiger partial charge >= 0.3 is 0 Å². The highest BCUT2D eigenvalue weighted by Gasteiger charge is 2.68. The fraction of sp³-hybridized carbons (Fsp3) is 0.368. The maximum Gasteiger partial charge on any atom is 0.282 e. The third-order valence-corrected chi connectivity index (χ3v) is 7.15. The number of anilines is 1. The maximum atomic E-state index is 13.4. The average Bonchev–Trinajstić information content (AvgIpc) is 3.10. The Morgan fingerprint density at radius 3 is 2.27 bits per heavy atom.